The van der Waals surface area contributed by atoms with Crippen molar-refractivity contribution in [2.75, 3.05) is 0 Å². The van der Waals surface area contributed by atoms with Crippen molar-refractivity contribution < 1.29 is 9.53 Å². The van der Waals surface area contributed by atoms with Crippen LogP contribution in [0.2, 0.25) is 0 Å². The molecule has 2 aliphatic heterocycles. The van der Waals surface area contributed by atoms with Crippen LogP contribution in [-0.2, 0) is 17.8 Å². The quantitative estimate of drug-likeness (QED) is 0.772. The minimum Gasteiger partial charge on any atom is -0.489 e. The summed E-state index contributed by atoms with van der Waals surface area (Å²) < 4.78 is 5.94. The van der Waals surface area contributed by atoms with E-state index in [2.05, 4.69) is 29.7 Å². The zero-order valence-corrected chi connectivity index (χ0v) is 17.1. The van der Waals surface area contributed by atoms with Crippen LogP contribution in [0.3, 0.4) is 0 Å². The normalized spacial score (nSPS) is 23.0. The Morgan fingerprint density at radius 1 is 1.11 bits per heavy atom. The number of hydrogen-bond acceptors (Lipinski definition) is 3. The van der Waals surface area contributed by atoms with Gasteiger partial charge < -0.3 is 15.4 Å². The first kappa shape index (κ1) is 20.7. The SMILES string of the molecule is Cc1ccccc1COc1cccc(CC(=O)NC2CC3CCC(C2)N3)c1.Cl. The number of carbonyl (C=O) groups excluding carboxylic acids is 1. The van der Waals surface area contributed by atoms with Crippen molar-refractivity contribution >= 4 is 18.3 Å². The Hall–Kier alpha value is -2.04. The maximum absolute atomic E-state index is 12.5. The number of rotatable bonds is 6. The molecule has 28 heavy (non-hydrogen) atoms. The van der Waals surface area contributed by atoms with Crippen LogP contribution >= 0.6 is 12.4 Å². The van der Waals surface area contributed by atoms with Gasteiger partial charge in [0.25, 0.3) is 0 Å². The maximum Gasteiger partial charge on any atom is 0.224 e. The molecule has 2 bridgehead atoms. The van der Waals surface area contributed by atoms with Gasteiger partial charge in [-0.2, -0.15) is 0 Å². The lowest BCUT2D eigenvalue weighted by Crippen LogP contribution is -2.48. The van der Waals surface area contributed by atoms with Crippen molar-refractivity contribution in [1.29, 1.82) is 0 Å². The molecule has 0 spiro atoms. The molecule has 0 radical (unpaired) electrons. The lowest BCUT2D eigenvalue weighted by molar-refractivity contribution is -0.121. The predicted octanol–water partition coefficient (Wildman–Crippen LogP) is 3.94. The molecule has 5 heteroatoms. The van der Waals surface area contributed by atoms with Gasteiger partial charge in [-0.15, -0.1) is 12.4 Å². The van der Waals surface area contributed by atoms with Crippen LogP contribution in [0.5, 0.6) is 5.75 Å². The second-order valence-electron chi connectivity index (χ2n) is 7.91. The van der Waals surface area contributed by atoms with E-state index >= 15 is 0 Å². The largest absolute Gasteiger partial charge is 0.489 e. The highest BCUT2D eigenvalue weighted by molar-refractivity contribution is 5.85. The highest BCUT2D eigenvalue weighted by Crippen LogP contribution is 2.26. The van der Waals surface area contributed by atoms with Crippen molar-refractivity contribution in [3.05, 3.63) is 65.2 Å². The summed E-state index contributed by atoms with van der Waals surface area (Å²) in [5.74, 6) is 0.917. The first-order valence-electron chi connectivity index (χ1n) is 9.97. The molecule has 2 aliphatic rings. The number of amides is 1. The lowest BCUT2D eigenvalue weighted by atomic mass is 9.99. The van der Waals surface area contributed by atoms with Crippen LogP contribution in [0.1, 0.15) is 42.4 Å². The molecule has 1 amide bonds. The molecule has 150 valence electrons. The minimum absolute atomic E-state index is 0. The van der Waals surface area contributed by atoms with E-state index in [1.165, 1.54) is 24.0 Å². The molecule has 2 saturated heterocycles. The highest BCUT2D eigenvalue weighted by atomic mass is 35.5. The molecule has 4 nitrogen and oxygen atoms in total. The first-order chi connectivity index (χ1) is 13.2. The van der Waals surface area contributed by atoms with Gasteiger partial charge in [-0.05, 0) is 61.4 Å². The van der Waals surface area contributed by atoms with Gasteiger partial charge in [-0.25, -0.2) is 0 Å². The molecule has 0 aliphatic carbocycles. The van der Waals surface area contributed by atoms with Crippen LogP contribution < -0.4 is 15.4 Å². The van der Waals surface area contributed by atoms with Crippen LogP contribution in [0.15, 0.2) is 48.5 Å². The van der Waals surface area contributed by atoms with Crippen molar-refractivity contribution in [3.63, 3.8) is 0 Å². The molecule has 2 fully saturated rings. The molecule has 0 aromatic heterocycles. The predicted molar refractivity (Wildman–Crippen MR) is 114 cm³/mol. The third-order valence-corrected chi connectivity index (χ3v) is 5.76. The van der Waals surface area contributed by atoms with Gasteiger partial charge in [0.05, 0.1) is 6.42 Å². The zero-order valence-electron chi connectivity index (χ0n) is 16.3. The third kappa shape index (κ3) is 5.27. The summed E-state index contributed by atoms with van der Waals surface area (Å²) >= 11 is 0. The number of aryl methyl sites for hydroxylation is 1. The summed E-state index contributed by atoms with van der Waals surface area (Å²) in [6.45, 7) is 2.63. The molecule has 2 N–H and O–H groups in total. The van der Waals surface area contributed by atoms with Gasteiger partial charge in [-0.1, -0.05) is 36.4 Å². The number of nitrogens with one attached hydrogen (secondary N) is 2. The second kappa shape index (κ2) is 9.44. The van der Waals surface area contributed by atoms with Gasteiger partial charge in [-0.3, -0.25) is 4.79 Å². The van der Waals surface area contributed by atoms with Crippen LogP contribution in [0.4, 0.5) is 0 Å². The van der Waals surface area contributed by atoms with E-state index in [0.29, 0.717) is 31.2 Å². The van der Waals surface area contributed by atoms with E-state index in [-0.39, 0.29) is 18.3 Å². The molecule has 2 heterocycles. The monoisotopic (exact) mass is 400 g/mol. The average Bonchev–Trinajstić information content (AvgIpc) is 2.99. The Bertz CT molecular complexity index is 799. The van der Waals surface area contributed by atoms with E-state index in [1.54, 1.807) is 0 Å². The number of hydrogen-bond donors (Lipinski definition) is 2. The van der Waals surface area contributed by atoms with E-state index in [0.717, 1.165) is 24.2 Å². The molecular formula is C23H29ClN2O2. The van der Waals surface area contributed by atoms with Crippen LogP contribution in [0.25, 0.3) is 0 Å². The van der Waals surface area contributed by atoms with E-state index in [1.807, 2.05) is 36.4 Å². The Balaban J connectivity index is 0.00000225. The summed E-state index contributed by atoms with van der Waals surface area (Å²) in [6, 6.07) is 17.6. The number of fused-ring (bicyclic) bond motifs is 2. The minimum atomic E-state index is 0. The molecular weight excluding hydrogens is 372 g/mol. The lowest BCUT2D eigenvalue weighted by Gasteiger charge is -2.29. The van der Waals surface area contributed by atoms with Gasteiger partial charge in [0, 0.05) is 18.1 Å². The van der Waals surface area contributed by atoms with Crippen molar-refractivity contribution in [2.24, 2.45) is 0 Å². The Kier molecular flexibility index (Phi) is 6.97. The zero-order chi connectivity index (χ0) is 18.6. The van der Waals surface area contributed by atoms with Gasteiger partial charge in [0.2, 0.25) is 5.91 Å². The molecule has 0 saturated carbocycles. The number of piperidine rings is 1. The summed E-state index contributed by atoms with van der Waals surface area (Å²) in [7, 11) is 0. The molecule has 4 rings (SSSR count). The summed E-state index contributed by atoms with van der Waals surface area (Å²) in [5.41, 5.74) is 3.40. The fourth-order valence-corrected chi connectivity index (χ4v) is 4.32. The fourth-order valence-electron chi connectivity index (χ4n) is 4.32. The van der Waals surface area contributed by atoms with Crippen molar-refractivity contribution in [3.8, 4) is 5.75 Å². The molecule has 2 aromatic carbocycles. The van der Waals surface area contributed by atoms with E-state index in [4.69, 9.17) is 4.74 Å². The van der Waals surface area contributed by atoms with Crippen molar-refractivity contribution in [1.82, 2.24) is 10.6 Å². The van der Waals surface area contributed by atoms with Gasteiger partial charge >= 0.3 is 0 Å². The number of ether oxygens (including phenoxy) is 1. The molecule has 2 unspecified atom stereocenters. The van der Waals surface area contributed by atoms with Crippen LogP contribution in [0, 0.1) is 6.92 Å². The Labute approximate surface area is 173 Å². The standard InChI is InChI=1S/C23H28N2O2.ClH/c1-16-5-2-3-7-18(16)15-27-22-8-4-6-17(11-22)12-23(26)25-21-13-19-9-10-20(14-21)24-19;/h2-8,11,19-21,24H,9-10,12-15H2,1H3,(H,25,26);1H. The average molecular weight is 401 g/mol. The van der Waals surface area contributed by atoms with Crippen molar-refractivity contribution in [2.45, 2.75) is 63.8 Å². The van der Waals surface area contributed by atoms with E-state index in [9.17, 15) is 4.79 Å². The van der Waals surface area contributed by atoms with Crippen LogP contribution in [-0.4, -0.2) is 24.0 Å². The molecule has 2 aromatic rings. The topological polar surface area (TPSA) is 50.4 Å². The van der Waals surface area contributed by atoms with Gasteiger partial charge in [0.15, 0.2) is 0 Å². The van der Waals surface area contributed by atoms with E-state index < -0.39 is 0 Å². The maximum atomic E-state index is 12.5. The first-order valence-corrected chi connectivity index (χ1v) is 9.97. The Morgan fingerprint density at radius 3 is 2.61 bits per heavy atom. The highest BCUT2D eigenvalue weighted by Gasteiger charge is 2.33. The summed E-state index contributed by atoms with van der Waals surface area (Å²) in [6.07, 6.45) is 5.01. The second-order valence-corrected chi connectivity index (χ2v) is 7.91. The number of carbonyl (C=O) groups is 1. The fraction of sp³-hybridized carbons (Fsp3) is 0.435. The van der Waals surface area contributed by atoms with Gasteiger partial charge in [0.1, 0.15) is 12.4 Å². The third-order valence-electron chi connectivity index (χ3n) is 5.76. The summed E-state index contributed by atoms with van der Waals surface area (Å²) in [4.78, 5) is 12.5. The number of benzene rings is 2. The number of halogens is 1. The Morgan fingerprint density at radius 2 is 1.86 bits per heavy atom. The smallest absolute Gasteiger partial charge is 0.224 e. The summed E-state index contributed by atoms with van der Waals surface area (Å²) in [5, 5.41) is 6.85. The molecule has 2 atom stereocenters.